The summed E-state index contributed by atoms with van der Waals surface area (Å²) in [6.07, 6.45) is 1.79. The smallest absolute Gasteiger partial charge is 0.329 e. The number of aromatic nitrogens is 1. The molecular weight excluding hydrogens is 318 g/mol. The summed E-state index contributed by atoms with van der Waals surface area (Å²) in [5.74, 6) is -4.71. The lowest BCUT2D eigenvalue weighted by atomic mass is 9.85. The fourth-order valence-corrected chi connectivity index (χ4v) is 2.85. The van der Waals surface area contributed by atoms with Crippen LogP contribution in [0.2, 0.25) is 0 Å². The Labute approximate surface area is 139 Å². The molecule has 2 atom stereocenters. The minimum absolute atomic E-state index is 0.161. The molecule has 1 saturated carbocycles. The minimum atomic E-state index is -2.82. The molecule has 1 heterocycles. The lowest BCUT2D eigenvalue weighted by Crippen LogP contribution is -2.47. The van der Waals surface area contributed by atoms with Crippen molar-refractivity contribution < 1.29 is 23.1 Å². The largest absolute Gasteiger partial charge is 0.464 e. The first-order chi connectivity index (χ1) is 11.4. The summed E-state index contributed by atoms with van der Waals surface area (Å²) in [7, 11) is 0. The van der Waals surface area contributed by atoms with Gasteiger partial charge in [-0.1, -0.05) is 6.07 Å². The van der Waals surface area contributed by atoms with Crippen LogP contribution in [0.25, 0.3) is 0 Å². The van der Waals surface area contributed by atoms with E-state index in [0.717, 1.165) is 0 Å². The highest BCUT2D eigenvalue weighted by atomic mass is 19.3. The SMILES string of the molecule is CCOC(=O)C(Cc1ccccn1)NC(=O)C1CCCC(F)(F)C1. The van der Waals surface area contributed by atoms with Crippen LogP contribution < -0.4 is 5.32 Å². The van der Waals surface area contributed by atoms with E-state index in [9.17, 15) is 18.4 Å². The molecule has 1 N–H and O–H groups in total. The van der Waals surface area contributed by atoms with Crippen molar-refractivity contribution in [3.8, 4) is 0 Å². The van der Waals surface area contributed by atoms with Crippen LogP contribution in [0.3, 0.4) is 0 Å². The van der Waals surface area contributed by atoms with Crippen molar-refractivity contribution in [1.82, 2.24) is 10.3 Å². The first kappa shape index (κ1) is 18.3. The molecule has 2 rings (SSSR count). The number of hydrogen-bond acceptors (Lipinski definition) is 4. The summed E-state index contributed by atoms with van der Waals surface area (Å²) in [5, 5.41) is 2.57. The van der Waals surface area contributed by atoms with Crippen LogP contribution in [0.5, 0.6) is 0 Å². The number of pyridine rings is 1. The van der Waals surface area contributed by atoms with Crippen LogP contribution in [-0.4, -0.2) is 35.4 Å². The third-order valence-corrected chi connectivity index (χ3v) is 4.04. The number of hydrogen-bond donors (Lipinski definition) is 1. The van der Waals surface area contributed by atoms with Crippen LogP contribution in [0.15, 0.2) is 24.4 Å². The minimum Gasteiger partial charge on any atom is -0.464 e. The maximum Gasteiger partial charge on any atom is 0.329 e. The summed E-state index contributed by atoms with van der Waals surface area (Å²) in [6, 6.07) is 4.31. The third-order valence-electron chi connectivity index (χ3n) is 4.04. The lowest BCUT2D eigenvalue weighted by molar-refractivity contribution is -0.148. The van der Waals surface area contributed by atoms with Crippen LogP contribution in [0.1, 0.15) is 38.3 Å². The standard InChI is InChI=1S/C17H22F2N2O3/c1-2-24-16(23)14(10-13-7-3-4-9-20-13)21-15(22)12-6-5-8-17(18,19)11-12/h3-4,7,9,12,14H,2,5-6,8,10-11H2,1H3,(H,21,22). The fourth-order valence-electron chi connectivity index (χ4n) is 2.85. The van der Waals surface area contributed by atoms with Gasteiger partial charge in [0, 0.05) is 37.1 Å². The quantitative estimate of drug-likeness (QED) is 0.808. The van der Waals surface area contributed by atoms with E-state index < -0.39 is 36.2 Å². The van der Waals surface area contributed by atoms with Crippen LogP contribution >= 0.6 is 0 Å². The zero-order chi connectivity index (χ0) is 17.6. The Balaban J connectivity index is 2.04. The van der Waals surface area contributed by atoms with E-state index in [4.69, 9.17) is 4.74 Å². The van der Waals surface area contributed by atoms with E-state index in [1.165, 1.54) is 0 Å². The van der Waals surface area contributed by atoms with Crippen molar-refractivity contribution in [3.05, 3.63) is 30.1 Å². The molecule has 0 aliphatic heterocycles. The Morgan fingerprint density at radius 3 is 2.88 bits per heavy atom. The topological polar surface area (TPSA) is 68.3 Å². The number of carbonyl (C=O) groups excluding carboxylic acids is 2. The number of carbonyl (C=O) groups is 2. The molecular formula is C17H22F2N2O3. The van der Waals surface area contributed by atoms with Gasteiger partial charge < -0.3 is 10.1 Å². The van der Waals surface area contributed by atoms with Gasteiger partial charge in [-0.25, -0.2) is 13.6 Å². The zero-order valence-electron chi connectivity index (χ0n) is 13.6. The lowest BCUT2D eigenvalue weighted by Gasteiger charge is -2.29. The highest BCUT2D eigenvalue weighted by Crippen LogP contribution is 2.36. The van der Waals surface area contributed by atoms with E-state index >= 15 is 0 Å². The highest BCUT2D eigenvalue weighted by molar-refractivity contribution is 5.86. The normalized spacial score (nSPS) is 20.9. The van der Waals surface area contributed by atoms with E-state index in [0.29, 0.717) is 18.5 Å². The van der Waals surface area contributed by atoms with Crippen molar-refractivity contribution >= 4 is 11.9 Å². The Morgan fingerprint density at radius 1 is 1.46 bits per heavy atom. The maximum absolute atomic E-state index is 13.5. The average Bonchev–Trinajstić information content (AvgIpc) is 2.54. The number of alkyl halides is 2. The van der Waals surface area contributed by atoms with Gasteiger partial charge in [-0.15, -0.1) is 0 Å². The third kappa shape index (κ3) is 5.25. The van der Waals surface area contributed by atoms with Crippen LogP contribution in [-0.2, 0) is 20.7 Å². The molecule has 0 radical (unpaired) electrons. The summed E-state index contributed by atoms with van der Waals surface area (Å²) >= 11 is 0. The molecule has 1 aliphatic carbocycles. The highest BCUT2D eigenvalue weighted by Gasteiger charge is 2.40. The number of amides is 1. The summed E-state index contributed by atoms with van der Waals surface area (Å²) in [4.78, 5) is 28.5. The van der Waals surface area contributed by atoms with Gasteiger partial charge in [0.05, 0.1) is 6.61 Å². The molecule has 1 aliphatic rings. The molecule has 1 aromatic rings. The van der Waals surface area contributed by atoms with E-state index in [2.05, 4.69) is 10.3 Å². The Bertz CT molecular complexity index is 566. The number of rotatable bonds is 6. The zero-order valence-corrected chi connectivity index (χ0v) is 13.6. The van der Waals surface area contributed by atoms with E-state index in [-0.39, 0.29) is 19.4 Å². The number of ether oxygens (including phenoxy) is 1. The number of halogens is 2. The number of esters is 1. The molecule has 1 fully saturated rings. The Hall–Kier alpha value is -2.05. The summed E-state index contributed by atoms with van der Waals surface area (Å²) in [6.45, 7) is 1.84. The molecule has 7 heteroatoms. The van der Waals surface area contributed by atoms with Gasteiger partial charge in [-0.2, -0.15) is 0 Å². The second-order valence-electron chi connectivity index (χ2n) is 5.99. The molecule has 1 amide bonds. The number of nitrogens with zero attached hydrogens (tertiary/aromatic N) is 1. The average molecular weight is 340 g/mol. The molecule has 5 nitrogen and oxygen atoms in total. The maximum atomic E-state index is 13.5. The molecule has 0 saturated heterocycles. The Morgan fingerprint density at radius 2 is 2.25 bits per heavy atom. The van der Waals surface area contributed by atoms with Crippen LogP contribution in [0, 0.1) is 5.92 Å². The molecule has 2 unspecified atom stereocenters. The molecule has 132 valence electrons. The van der Waals surface area contributed by atoms with Gasteiger partial charge in [0.1, 0.15) is 6.04 Å². The van der Waals surface area contributed by atoms with Gasteiger partial charge in [-0.3, -0.25) is 9.78 Å². The predicted molar refractivity (Wildman–Crippen MR) is 83.4 cm³/mol. The van der Waals surface area contributed by atoms with Crippen molar-refractivity contribution in [3.63, 3.8) is 0 Å². The van der Waals surface area contributed by atoms with E-state index in [1.54, 1.807) is 31.3 Å². The second-order valence-corrected chi connectivity index (χ2v) is 5.99. The van der Waals surface area contributed by atoms with Gasteiger partial charge in [0.2, 0.25) is 11.8 Å². The van der Waals surface area contributed by atoms with Crippen molar-refractivity contribution in [2.75, 3.05) is 6.61 Å². The van der Waals surface area contributed by atoms with Crippen molar-refractivity contribution in [2.24, 2.45) is 5.92 Å². The van der Waals surface area contributed by atoms with Crippen LogP contribution in [0.4, 0.5) is 8.78 Å². The Kier molecular flexibility index (Phi) is 6.23. The van der Waals surface area contributed by atoms with E-state index in [1.807, 2.05) is 0 Å². The predicted octanol–water partition coefficient (Wildman–Crippen LogP) is 2.50. The number of nitrogens with one attached hydrogen (secondary N) is 1. The summed E-state index contributed by atoms with van der Waals surface area (Å²) < 4.78 is 32.0. The van der Waals surface area contributed by atoms with Crippen molar-refractivity contribution in [1.29, 1.82) is 0 Å². The fraction of sp³-hybridized carbons (Fsp3) is 0.588. The molecule has 24 heavy (non-hydrogen) atoms. The molecule has 1 aromatic heterocycles. The summed E-state index contributed by atoms with van der Waals surface area (Å²) in [5.41, 5.74) is 0.616. The first-order valence-electron chi connectivity index (χ1n) is 8.16. The van der Waals surface area contributed by atoms with Gasteiger partial charge in [-0.05, 0) is 31.9 Å². The molecule has 0 aromatic carbocycles. The van der Waals surface area contributed by atoms with Gasteiger partial charge in [0.15, 0.2) is 0 Å². The first-order valence-corrected chi connectivity index (χ1v) is 8.16. The second kappa shape index (κ2) is 8.17. The molecule has 0 spiro atoms. The van der Waals surface area contributed by atoms with Crippen molar-refractivity contribution in [2.45, 2.75) is 51.0 Å². The molecule has 0 bridgehead atoms. The monoisotopic (exact) mass is 340 g/mol. The van der Waals surface area contributed by atoms with Gasteiger partial charge in [0.25, 0.3) is 0 Å². The van der Waals surface area contributed by atoms with Gasteiger partial charge >= 0.3 is 5.97 Å².